The first-order chi connectivity index (χ1) is 7.15. The summed E-state index contributed by atoms with van der Waals surface area (Å²) in [5, 5.41) is 5.20. The van der Waals surface area contributed by atoms with E-state index in [9.17, 15) is 9.70 Å². The highest BCUT2D eigenvalue weighted by atomic mass is 16.3. The molecule has 0 fully saturated rings. The number of amides is 1. The highest BCUT2D eigenvalue weighted by Crippen LogP contribution is 2.23. The summed E-state index contributed by atoms with van der Waals surface area (Å²) >= 11 is 0. The van der Waals surface area contributed by atoms with E-state index >= 15 is 0 Å². The summed E-state index contributed by atoms with van der Waals surface area (Å²) in [6.07, 6.45) is 0. The number of nitrogens with zero attached hydrogens (tertiary/aromatic N) is 1. The van der Waals surface area contributed by atoms with Crippen LogP contribution in [0, 0.1) is 4.91 Å². The van der Waals surface area contributed by atoms with Gasteiger partial charge in [0, 0.05) is 5.69 Å². The second-order valence-corrected chi connectivity index (χ2v) is 3.58. The lowest BCUT2D eigenvalue weighted by atomic mass is 10.0. The Morgan fingerprint density at radius 1 is 1.40 bits per heavy atom. The average Bonchev–Trinajstić information content (AvgIpc) is 2.18. The zero-order valence-electron chi connectivity index (χ0n) is 8.86. The Balaban J connectivity index is 2.84. The van der Waals surface area contributed by atoms with E-state index in [1.54, 1.807) is 0 Å². The van der Waals surface area contributed by atoms with Crippen LogP contribution < -0.4 is 5.32 Å². The fourth-order valence-corrected chi connectivity index (χ4v) is 1.36. The Morgan fingerprint density at radius 2 is 2.07 bits per heavy atom. The van der Waals surface area contributed by atoms with Crippen molar-refractivity contribution in [3.05, 3.63) is 34.7 Å². The number of carbonyl (C=O) groups excluding carboxylic acids is 1. The van der Waals surface area contributed by atoms with Crippen LogP contribution in [-0.4, -0.2) is 12.5 Å². The van der Waals surface area contributed by atoms with Crippen LogP contribution in [-0.2, 0) is 4.79 Å². The molecule has 1 rings (SSSR count). The summed E-state index contributed by atoms with van der Waals surface area (Å²) in [5.74, 6) is -0.0520. The van der Waals surface area contributed by atoms with Gasteiger partial charge in [0.25, 0.3) is 0 Å². The summed E-state index contributed by atoms with van der Waals surface area (Å²) in [5.41, 5.74) is 1.80. The van der Waals surface area contributed by atoms with Gasteiger partial charge in [0.1, 0.15) is 0 Å². The molecule has 0 saturated carbocycles. The molecule has 4 heteroatoms. The predicted molar refractivity (Wildman–Crippen MR) is 59.8 cm³/mol. The van der Waals surface area contributed by atoms with Crippen LogP contribution in [0.3, 0.4) is 0 Å². The van der Waals surface area contributed by atoms with Gasteiger partial charge in [-0.05, 0) is 17.5 Å². The molecule has 0 heterocycles. The van der Waals surface area contributed by atoms with Gasteiger partial charge in [0.15, 0.2) is 6.54 Å². The van der Waals surface area contributed by atoms with Crippen molar-refractivity contribution in [1.82, 2.24) is 0 Å². The summed E-state index contributed by atoms with van der Waals surface area (Å²) < 4.78 is 0. The van der Waals surface area contributed by atoms with E-state index in [4.69, 9.17) is 0 Å². The summed E-state index contributed by atoms with van der Waals surface area (Å²) in [6.45, 7) is 3.75. The van der Waals surface area contributed by atoms with Crippen LogP contribution in [0.5, 0.6) is 0 Å². The van der Waals surface area contributed by atoms with Crippen molar-refractivity contribution in [3.63, 3.8) is 0 Å². The highest BCUT2D eigenvalue weighted by Gasteiger charge is 2.08. The van der Waals surface area contributed by atoms with Gasteiger partial charge >= 0.3 is 0 Å². The van der Waals surface area contributed by atoms with E-state index in [-0.39, 0.29) is 12.5 Å². The topological polar surface area (TPSA) is 58.5 Å². The average molecular weight is 206 g/mol. The van der Waals surface area contributed by atoms with Crippen LogP contribution in [0.25, 0.3) is 0 Å². The van der Waals surface area contributed by atoms with Crippen LogP contribution in [0.4, 0.5) is 5.69 Å². The lowest BCUT2D eigenvalue weighted by Gasteiger charge is -2.12. The Kier molecular flexibility index (Phi) is 3.97. The maximum Gasteiger partial charge on any atom is 0.249 e. The van der Waals surface area contributed by atoms with Gasteiger partial charge in [-0.2, -0.15) is 4.91 Å². The number of benzene rings is 1. The first-order valence-corrected chi connectivity index (χ1v) is 4.83. The standard InChI is InChI=1S/C11H14N2O2/c1-8(2)9-5-3-4-6-10(9)13-11(14)7-12-15/h3-6,8H,7H2,1-2H3,(H,13,14). The molecule has 1 aromatic rings. The molecular weight excluding hydrogens is 192 g/mol. The van der Waals surface area contributed by atoms with Crippen molar-refractivity contribution in [2.75, 3.05) is 11.9 Å². The molecule has 0 atom stereocenters. The Hall–Kier alpha value is -1.71. The van der Waals surface area contributed by atoms with Gasteiger partial charge in [-0.1, -0.05) is 37.2 Å². The number of para-hydroxylation sites is 1. The minimum Gasteiger partial charge on any atom is -0.324 e. The van der Waals surface area contributed by atoms with E-state index in [1.165, 1.54) is 0 Å². The van der Waals surface area contributed by atoms with Gasteiger partial charge in [-0.25, -0.2) is 0 Å². The number of hydrogen-bond acceptors (Lipinski definition) is 3. The zero-order chi connectivity index (χ0) is 11.3. The molecule has 0 aliphatic carbocycles. The van der Waals surface area contributed by atoms with Gasteiger partial charge in [-0.3, -0.25) is 4.79 Å². The van der Waals surface area contributed by atoms with Crippen molar-refractivity contribution >= 4 is 11.6 Å². The molecule has 0 bridgehead atoms. The number of hydrogen-bond donors (Lipinski definition) is 1. The van der Waals surface area contributed by atoms with Crippen molar-refractivity contribution in [3.8, 4) is 0 Å². The second kappa shape index (κ2) is 5.24. The predicted octanol–water partition coefficient (Wildman–Crippen LogP) is 2.51. The first-order valence-electron chi connectivity index (χ1n) is 4.83. The summed E-state index contributed by atoms with van der Waals surface area (Å²) in [7, 11) is 0. The highest BCUT2D eigenvalue weighted by molar-refractivity contribution is 5.93. The van der Waals surface area contributed by atoms with E-state index in [2.05, 4.69) is 10.5 Å². The van der Waals surface area contributed by atoms with Crippen LogP contribution in [0.15, 0.2) is 29.4 Å². The third kappa shape index (κ3) is 3.16. The molecule has 0 aromatic heterocycles. The van der Waals surface area contributed by atoms with Crippen molar-refractivity contribution < 1.29 is 4.79 Å². The van der Waals surface area contributed by atoms with E-state index in [0.29, 0.717) is 5.92 Å². The summed E-state index contributed by atoms with van der Waals surface area (Å²) in [6, 6.07) is 7.53. The molecule has 0 unspecified atom stereocenters. The molecule has 0 aliphatic rings. The molecule has 15 heavy (non-hydrogen) atoms. The minimum atomic E-state index is -0.377. The lowest BCUT2D eigenvalue weighted by Crippen LogP contribution is -2.15. The van der Waals surface area contributed by atoms with Gasteiger partial charge in [0.2, 0.25) is 5.91 Å². The molecular formula is C11H14N2O2. The van der Waals surface area contributed by atoms with Gasteiger partial charge in [0.05, 0.1) is 0 Å². The molecule has 0 saturated heterocycles. The van der Waals surface area contributed by atoms with Gasteiger partial charge < -0.3 is 5.32 Å². The van der Waals surface area contributed by atoms with Gasteiger partial charge in [-0.15, -0.1) is 0 Å². The number of nitrogens with one attached hydrogen (secondary N) is 1. The molecule has 0 radical (unpaired) electrons. The molecule has 0 aliphatic heterocycles. The number of anilines is 1. The van der Waals surface area contributed by atoms with Crippen molar-refractivity contribution in [2.24, 2.45) is 5.18 Å². The fourth-order valence-electron chi connectivity index (χ4n) is 1.36. The Bertz CT molecular complexity index is 361. The Labute approximate surface area is 88.7 Å². The minimum absolute atomic E-state index is 0.325. The summed E-state index contributed by atoms with van der Waals surface area (Å²) in [4.78, 5) is 21.1. The smallest absolute Gasteiger partial charge is 0.249 e. The molecule has 1 N–H and O–H groups in total. The first kappa shape index (κ1) is 11.4. The SMILES string of the molecule is CC(C)c1ccccc1NC(=O)CN=O. The Morgan fingerprint density at radius 3 is 2.67 bits per heavy atom. The fraction of sp³-hybridized carbons (Fsp3) is 0.364. The van der Waals surface area contributed by atoms with Crippen LogP contribution in [0.1, 0.15) is 25.3 Å². The maximum atomic E-state index is 11.2. The number of nitroso groups, excluding NO2 is 1. The van der Waals surface area contributed by atoms with Crippen LogP contribution in [0.2, 0.25) is 0 Å². The largest absolute Gasteiger partial charge is 0.324 e. The molecule has 4 nitrogen and oxygen atoms in total. The second-order valence-electron chi connectivity index (χ2n) is 3.58. The van der Waals surface area contributed by atoms with E-state index in [1.807, 2.05) is 38.1 Å². The number of carbonyl (C=O) groups is 1. The monoisotopic (exact) mass is 206 g/mol. The molecule has 1 amide bonds. The lowest BCUT2D eigenvalue weighted by molar-refractivity contribution is -0.114. The zero-order valence-corrected chi connectivity index (χ0v) is 8.86. The van der Waals surface area contributed by atoms with E-state index in [0.717, 1.165) is 11.3 Å². The maximum absolute atomic E-state index is 11.2. The quantitative estimate of drug-likeness (QED) is 0.769. The van der Waals surface area contributed by atoms with Crippen molar-refractivity contribution in [2.45, 2.75) is 19.8 Å². The van der Waals surface area contributed by atoms with Crippen molar-refractivity contribution in [1.29, 1.82) is 0 Å². The molecule has 1 aromatic carbocycles. The normalized spacial score (nSPS) is 10.1. The third-order valence-corrected chi connectivity index (χ3v) is 2.07. The van der Waals surface area contributed by atoms with E-state index < -0.39 is 0 Å². The molecule has 80 valence electrons. The number of rotatable bonds is 4. The molecule has 0 spiro atoms. The third-order valence-electron chi connectivity index (χ3n) is 2.07. The van der Waals surface area contributed by atoms with Crippen LogP contribution >= 0.6 is 0 Å².